The highest BCUT2D eigenvalue weighted by Gasteiger charge is 2.08. The van der Waals surface area contributed by atoms with Crippen LogP contribution in [0.5, 0.6) is 0 Å². The molecule has 7 heteroatoms. The van der Waals surface area contributed by atoms with Gasteiger partial charge in [0.05, 0.1) is 12.3 Å². The first-order valence-electron chi connectivity index (χ1n) is 8.40. The second kappa shape index (κ2) is 10.3. The Balaban J connectivity index is 2.72. The van der Waals surface area contributed by atoms with E-state index in [1.165, 1.54) is 7.05 Å². The number of benzene rings is 1. The fraction of sp³-hybridized carbons (Fsp3) is 0.588. The van der Waals surface area contributed by atoms with E-state index in [9.17, 15) is 8.42 Å². The molecule has 0 aliphatic heterocycles. The maximum Gasteiger partial charge on any atom is 0.215 e. The van der Waals surface area contributed by atoms with Gasteiger partial charge in [-0.05, 0) is 31.5 Å². The van der Waals surface area contributed by atoms with E-state index >= 15 is 0 Å². The van der Waals surface area contributed by atoms with E-state index in [2.05, 4.69) is 33.8 Å². The number of nitrogens with one attached hydrogen (secondary N) is 2. The van der Waals surface area contributed by atoms with E-state index in [-0.39, 0.29) is 5.75 Å². The minimum Gasteiger partial charge on any atom is -0.357 e. The molecule has 0 spiro atoms. The summed E-state index contributed by atoms with van der Waals surface area (Å²) in [5, 5.41) is 3.30. The van der Waals surface area contributed by atoms with Crippen molar-refractivity contribution in [2.24, 2.45) is 4.99 Å². The van der Waals surface area contributed by atoms with Crippen LogP contribution in [0.4, 0.5) is 0 Å². The van der Waals surface area contributed by atoms with Gasteiger partial charge < -0.3 is 10.2 Å². The number of nitrogens with zero attached hydrogens (tertiary/aromatic N) is 2. The third-order valence-electron chi connectivity index (χ3n) is 3.65. The lowest BCUT2D eigenvalue weighted by Crippen LogP contribution is -2.39. The molecule has 24 heavy (non-hydrogen) atoms. The van der Waals surface area contributed by atoms with E-state index in [0.717, 1.165) is 43.0 Å². The number of sulfonamides is 1. The molecule has 1 aromatic rings. The molecule has 0 heterocycles. The van der Waals surface area contributed by atoms with Crippen molar-refractivity contribution in [3.63, 3.8) is 0 Å². The Morgan fingerprint density at radius 1 is 1.17 bits per heavy atom. The Morgan fingerprint density at radius 2 is 1.79 bits per heavy atom. The number of hydrogen-bond donors (Lipinski definition) is 2. The molecule has 0 bridgehead atoms. The number of aliphatic imine (C=N–C) groups is 1. The molecule has 0 unspecified atom stereocenters. The topological polar surface area (TPSA) is 73.8 Å². The Bertz CT molecular complexity index is 612. The number of hydrogen-bond acceptors (Lipinski definition) is 3. The normalized spacial score (nSPS) is 12.2. The SMILES string of the molecule is CCCCN(C)C(=NCc1ccc(CS(=O)(=O)NC)cc1)NCC. The molecule has 1 aromatic carbocycles. The molecule has 0 radical (unpaired) electrons. The van der Waals surface area contributed by atoms with E-state index in [1.807, 2.05) is 31.3 Å². The summed E-state index contributed by atoms with van der Waals surface area (Å²) in [4.78, 5) is 6.80. The van der Waals surface area contributed by atoms with Gasteiger partial charge >= 0.3 is 0 Å². The third kappa shape index (κ3) is 7.31. The second-order valence-corrected chi connectivity index (χ2v) is 7.65. The monoisotopic (exact) mass is 354 g/mol. The van der Waals surface area contributed by atoms with Crippen molar-refractivity contribution in [1.29, 1.82) is 0 Å². The van der Waals surface area contributed by atoms with Gasteiger partial charge in [0.2, 0.25) is 10.0 Å². The average Bonchev–Trinajstić information content (AvgIpc) is 2.57. The summed E-state index contributed by atoms with van der Waals surface area (Å²) >= 11 is 0. The molecule has 0 amide bonds. The molecule has 0 fully saturated rings. The van der Waals surface area contributed by atoms with Crippen molar-refractivity contribution in [2.75, 3.05) is 27.2 Å². The lowest BCUT2D eigenvalue weighted by molar-refractivity contribution is 0.465. The largest absolute Gasteiger partial charge is 0.357 e. The molecule has 136 valence electrons. The smallest absolute Gasteiger partial charge is 0.215 e. The Kier molecular flexibility index (Phi) is 8.78. The van der Waals surface area contributed by atoms with Gasteiger partial charge in [0, 0.05) is 20.1 Å². The van der Waals surface area contributed by atoms with Crippen molar-refractivity contribution < 1.29 is 8.42 Å². The first kappa shape index (κ1) is 20.4. The summed E-state index contributed by atoms with van der Waals surface area (Å²) in [6, 6.07) is 7.54. The summed E-state index contributed by atoms with van der Waals surface area (Å²) in [5.74, 6) is 0.892. The molecule has 0 aliphatic carbocycles. The van der Waals surface area contributed by atoms with Gasteiger partial charge in [-0.25, -0.2) is 18.1 Å². The lowest BCUT2D eigenvalue weighted by atomic mass is 10.1. The summed E-state index contributed by atoms with van der Waals surface area (Å²) in [6.07, 6.45) is 2.29. The molecule has 0 saturated heterocycles. The highest BCUT2D eigenvalue weighted by atomic mass is 32.2. The van der Waals surface area contributed by atoms with Crippen molar-refractivity contribution in [3.8, 4) is 0 Å². The van der Waals surface area contributed by atoms with Crippen molar-refractivity contribution >= 4 is 16.0 Å². The van der Waals surface area contributed by atoms with Gasteiger partial charge in [-0.3, -0.25) is 0 Å². The molecule has 0 atom stereocenters. The fourth-order valence-corrected chi connectivity index (χ4v) is 2.95. The van der Waals surface area contributed by atoms with Crippen LogP contribution >= 0.6 is 0 Å². The first-order chi connectivity index (χ1) is 11.4. The minimum atomic E-state index is -3.23. The van der Waals surface area contributed by atoms with Gasteiger partial charge in [-0.1, -0.05) is 37.6 Å². The quantitative estimate of drug-likeness (QED) is 0.525. The highest BCUT2D eigenvalue weighted by Crippen LogP contribution is 2.09. The standard InChI is InChI=1S/C17H30N4O2S/c1-5-7-12-21(4)17(19-6-2)20-13-15-8-10-16(11-9-15)14-24(22,23)18-3/h8-11,18H,5-7,12-14H2,1-4H3,(H,19,20). The number of unbranched alkanes of at least 4 members (excludes halogenated alkanes) is 1. The van der Waals surface area contributed by atoms with Crippen LogP contribution in [0, 0.1) is 0 Å². The zero-order chi connectivity index (χ0) is 18.0. The molecular weight excluding hydrogens is 324 g/mol. The van der Waals surface area contributed by atoms with Crippen LogP contribution in [-0.4, -0.2) is 46.5 Å². The van der Waals surface area contributed by atoms with Gasteiger partial charge in [0.1, 0.15) is 0 Å². The van der Waals surface area contributed by atoms with Gasteiger partial charge in [-0.15, -0.1) is 0 Å². The van der Waals surface area contributed by atoms with Crippen LogP contribution < -0.4 is 10.0 Å². The van der Waals surface area contributed by atoms with E-state index in [0.29, 0.717) is 6.54 Å². The minimum absolute atomic E-state index is 0.00452. The van der Waals surface area contributed by atoms with E-state index < -0.39 is 10.0 Å². The molecule has 6 nitrogen and oxygen atoms in total. The van der Waals surface area contributed by atoms with Crippen molar-refractivity contribution in [2.45, 2.75) is 39.0 Å². The number of rotatable bonds is 9. The molecule has 2 N–H and O–H groups in total. The van der Waals surface area contributed by atoms with E-state index in [4.69, 9.17) is 0 Å². The summed E-state index contributed by atoms with van der Waals surface area (Å²) < 4.78 is 25.4. The fourth-order valence-electron chi connectivity index (χ4n) is 2.17. The van der Waals surface area contributed by atoms with Crippen LogP contribution in [0.3, 0.4) is 0 Å². The predicted octanol–water partition coefficient (Wildman–Crippen LogP) is 1.93. The molecule has 0 aromatic heterocycles. The second-order valence-electron chi connectivity index (χ2n) is 5.72. The molecule has 1 rings (SSSR count). The average molecular weight is 355 g/mol. The molecular formula is C17H30N4O2S. The maximum atomic E-state index is 11.6. The summed E-state index contributed by atoms with van der Waals surface area (Å²) in [5.41, 5.74) is 1.82. The van der Waals surface area contributed by atoms with Gasteiger partial charge in [0.15, 0.2) is 5.96 Å². The Morgan fingerprint density at radius 3 is 2.33 bits per heavy atom. The Hall–Kier alpha value is -1.60. The van der Waals surface area contributed by atoms with Gasteiger partial charge in [0.25, 0.3) is 0 Å². The van der Waals surface area contributed by atoms with Crippen LogP contribution in [0.2, 0.25) is 0 Å². The van der Waals surface area contributed by atoms with Crippen molar-refractivity contribution in [3.05, 3.63) is 35.4 Å². The van der Waals surface area contributed by atoms with Crippen LogP contribution in [-0.2, 0) is 22.3 Å². The lowest BCUT2D eigenvalue weighted by Gasteiger charge is -2.21. The maximum absolute atomic E-state index is 11.6. The van der Waals surface area contributed by atoms with Crippen LogP contribution in [0.15, 0.2) is 29.3 Å². The summed E-state index contributed by atoms with van der Waals surface area (Å²) in [6.45, 7) is 6.60. The Labute approximate surface area is 146 Å². The molecule has 0 aliphatic rings. The highest BCUT2D eigenvalue weighted by molar-refractivity contribution is 7.88. The third-order valence-corrected chi connectivity index (χ3v) is 4.98. The predicted molar refractivity (Wildman–Crippen MR) is 100 cm³/mol. The van der Waals surface area contributed by atoms with Gasteiger partial charge in [-0.2, -0.15) is 0 Å². The van der Waals surface area contributed by atoms with Crippen LogP contribution in [0.25, 0.3) is 0 Å². The van der Waals surface area contributed by atoms with E-state index in [1.54, 1.807) is 0 Å². The first-order valence-corrected chi connectivity index (χ1v) is 10.1. The van der Waals surface area contributed by atoms with Crippen LogP contribution in [0.1, 0.15) is 37.8 Å². The molecule has 0 saturated carbocycles. The summed E-state index contributed by atoms with van der Waals surface area (Å²) in [7, 11) is 0.238. The zero-order valence-electron chi connectivity index (χ0n) is 15.2. The van der Waals surface area contributed by atoms with Crippen molar-refractivity contribution in [1.82, 2.24) is 14.9 Å². The zero-order valence-corrected chi connectivity index (χ0v) is 16.0. The number of guanidine groups is 1.